The van der Waals surface area contributed by atoms with Gasteiger partial charge in [0.15, 0.2) is 5.96 Å². The van der Waals surface area contributed by atoms with Crippen molar-refractivity contribution in [2.24, 2.45) is 4.99 Å². The molecule has 1 aliphatic heterocycles. The van der Waals surface area contributed by atoms with Gasteiger partial charge in [-0.1, -0.05) is 12.1 Å². The number of hydrogen-bond acceptors (Lipinski definition) is 3. The first-order valence-electron chi connectivity index (χ1n) is 9.31. The molecule has 2 heterocycles. The van der Waals surface area contributed by atoms with E-state index in [1.165, 1.54) is 18.2 Å². The molecule has 0 spiro atoms. The molecule has 5 nitrogen and oxygen atoms in total. The van der Waals surface area contributed by atoms with E-state index in [-0.39, 0.29) is 12.0 Å². The predicted octanol–water partition coefficient (Wildman–Crippen LogP) is 2.69. The van der Waals surface area contributed by atoms with E-state index in [9.17, 15) is 8.78 Å². The normalized spacial score (nSPS) is 15.1. The molecule has 1 N–H and O–H groups in total. The van der Waals surface area contributed by atoms with Gasteiger partial charge >= 0.3 is 0 Å². The van der Waals surface area contributed by atoms with Crippen LogP contribution in [0.2, 0.25) is 0 Å². The second-order valence-electron chi connectivity index (χ2n) is 6.35. The number of aliphatic imine (C=N–C) groups is 1. The standard InChI is InChI=1S/C20H25F2N5/c1-2-23-20(25-11-9-16-17(21)6-5-7-18(16)22)27-14-12-26(13-15-27)19-8-3-4-10-24-19/h3-8,10H,2,9,11-15H2,1H3,(H,23,25). The fourth-order valence-electron chi connectivity index (χ4n) is 3.16. The number of nitrogens with zero attached hydrogens (tertiary/aromatic N) is 4. The maximum atomic E-state index is 13.8. The van der Waals surface area contributed by atoms with Gasteiger partial charge in [0.05, 0.1) is 0 Å². The zero-order valence-corrected chi connectivity index (χ0v) is 15.5. The molecule has 3 rings (SSSR count). The maximum Gasteiger partial charge on any atom is 0.194 e. The van der Waals surface area contributed by atoms with Gasteiger partial charge in [0.1, 0.15) is 17.5 Å². The van der Waals surface area contributed by atoms with Crippen LogP contribution in [0, 0.1) is 11.6 Å². The summed E-state index contributed by atoms with van der Waals surface area (Å²) in [4.78, 5) is 13.4. The third-order valence-corrected chi connectivity index (χ3v) is 4.57. The Morgan fingerprint density at radius 3 is 2.44 bits per heavy atom. The summed E-state index contributed by atoms with van der Waals surface area (Å²) in [7, 11) is 0. The maximum absolute atomic E-state index is 13.8. The van der Waals surface area contributed by atoms with Gasteiger partial charge in [0, 0.05) is 51.0 Å². The van der Waals surface area contributed by atoms with E-state index in [0.717, 1.165) is 44.5 Å². The molecule has 1 fully saturated rings. The molecule has 27 heavy (non-hydrogen) atoms. The molecule has 2 aromatic rings. The highest BCUT2D eigenvalue weighted by Crippen LogP contribution is 2.14. The van der Waals surface area contributed by atoms with E-state index in [0.29, 0.717) is 6.54 Å². The van der Waals surface area contributed by atoms with Crippen molar-refractivity contribution < 1.29 is 8.78 Å². The van der Waals surface area contributed by atoms with Crippen molar-refractivity contribution in [3.05, 3.63) is 59.8 Å². The highest BCUT2D eigenvalue weighted by atomic mass is 19.1. The fourth-order valence-corrected chi connectivity index (χ4v) is 3.16. The SMILES string of the molecule is CCNC(=NCCc1c(F)cccc1F)N1CCN(c2ccccn2)CC1. The van der Waals surface area contributed by atoms with Crippen molar-refractivity contribution in [3.8, 4) is 0 Å². The Bertz CT molecular complexity index is 738. The van der Waals surface area contributed by atoms with Crippen molar-refractivity contribution in [1.82, 2.24) is 15.2 Å². The molecule has 0 atom stereocenters. The van der Waals surface area contributed by atoms with Crippen molar-refractivity contribution in [3.63, 3.8) is 0 Å². The van der Waals surface area contributed by atoms with E-state index in [4.69, 9.17) is 0 Å². The molecule has 1 aromatic heterocycles. The van der Waals surface area contributed by atoms with Gasteiger partial charge in [-0.25, -0.2) is 13.8 Å². The number of aromatic nitrogens is 1. The van der Waals surface area contributed by atoms with Gasteiger partial charge in [-0.15, -0.1) is 0 Å². The van der Waals surface area contributed by atoms with Crippen LogP contribution in [0.3, 0.4) is 0 Å². The first kappa shape index (κ1) is 19.1. The van der Waals surface area contributed by atoms with Crippen LogP contribution in [0.5, 0.6) is 0 Å². The third-order valence-electron chi connectivity index (χ3n) is 4.57. The molecule has 0 unspecified atom stereocenters. The molecular formula is C20H25F2N5. The fraction of sp³-hybridized carbons (Fsp3) is 0.400. The summed E-state index contributed by atoms with van der Waals surface area (Å²) in [6, 6.07) is 9.85. The molecule has 1 saturated heterocycles. The molecule has 7 heteroatoms. The largest absolute Gasteiger partial charge is 0.357 e. The van der Waals surface area contributed by atoms with Crippen LogP contribution in [-0.4, -0.2) is 55.1 Å². The summed E-state index contributed by atoms with van der Waals surface area (Å²) in [6.45, 7) is 6.42. The van der Waals surface area contributed by atoms with Gasteiger partial charge in [0.2, 0.25) is 0 Å². The topological polar surface area (TPSA) is 43.8 Å². The van der Waals surface area contributed by atoms with Gasteiger partial charge in [-0.3, -0.25) is 4.99 Å². The number of nitrogens with one attached hydrogen (secondary N) is 1. The van der Waals surface area contributed by atoms with Gasteiger partial charge in [0.25, 0.3) is 0 Å². The van der Waals surface area contributed by atoms with Crippen molar-refractivity contribution >= 4 is 11.8 Å². The lowest BCUT2D eigenvalue weighted by molar-refractivity contribution is 0.371. The van der Waals surface area contributed by atoms with E-state index < -0.39 is 11.6 Å². The molecule has 0 saturated carbocycles. The predicted molar refractivity (Wildman–Crippen MR) is 104 cm³/mol. The number of anilines is 1. The molecule has 0 bridgehead atoms. The van der Waals surface area contributed by atoms with Crippen LogP contribution in [0.25, 0.3) is 0 Å². The van der Waals surface area contributed by atoms with Crippen LogP contribution >= 0.6 is 0 Å². The quantitative estimate of drug-likeness (QED) is 0.647. The van der Waals surface area contributed by atoms with Crippen LogP contribution in [0.15, 0.2) is 47.6 Å². The Hall–Kier alpha value is -2.70. The monoisotopic (exact) mass is 373 g/mol. The summed E-state index contributed by atoms with van der Waals surface area (Å²) in [5.41, 5.74) is 0.0945. The van der Waals surface area contributed by atoms with Gasteiger partial charge in [-0.05, 0) is 37.6 Å². The number of halogens is 2. The molecule has 144 valence electrons. The molecule has 0 amide bonds. The number of benzene rings is 1. The Morgan fingerprint density at radius 2 is 1.81 bits per heavy atom. The van der Waals surface area contributed by atoms with Crippen molar-refractivity contribution in [1.29, 1.82) is 0 Å². The summed E-state index contributed by atoms with van der Waals surface area (Å²) in [5, 5.41) is 3.28. The van der Waals surface area contributed by atoms with Crippen LogP contribution in [-0.2, 0) is 6.42 Å². The van der Waals surface area contributed by atoms with E-state index in [1.807, 2.05) is 25.1 Å². The minimum Gasteiger partial charge on any atom is -0.357 e. The van der Waals surface area contributed by atoms with Crippen LogP contribution in [0.1, 0.15) is 12.5 Å². The lowest BCUT2D eigenvalue weighted by Crippen LogP contribution is -2.52. The Morgan fingerprint density at radius 1 is 1.07 bits per heavy atom. The van der Waals surface area contributed by atoms with Crippen LogP contribution < -0.4 is 10.2 Å². The first-order valence-corrected chi connectivity index (χ1v) is 9.31. The van der Waals surface area contributed by atoms with Crippen molar-refractivity contribution in [2.45, 2.75) is 13.3 Å². The minimum atomic E-state index is -0.515. The number of piperazine rings is 1. The van der Waals surface area contributed by atoms with Crippen molar-refractivity contribution in [2.75, 3.05) is 44.2 Å². The van der Waals surface area contributed by atoms with E-state index >= 15 is 0 Å². The number of guanidine groups is 1. The summed E-state index contributed by atoms with van der Waals surface area (Å²) in [6.07, 6.45) is 2.04. The second kappa shape index (κ2) is 9.30. The highest BCUT2D eigenvalue weighted by Gasteiger charge is 2.20. The molecule has 1 aromatic carbocycles. The number of hydrogen-bond donors (Lipinski definition) is 1. The molecule has 0 aliphatic carbocycles. The Balaban J connectivity index is 1.59. The molecular weight excluding hydrogens is 348 g/mol. The lowest BCUT2D eigenvalue weighted by Gasteiger charge is -2.37. The summed E-state index contributed by atoms with van der Waals surface area (Å²) >= 11 is 0. The number of pyridine rings is 1. The van der Waals surface area contributed by atoms with E-state index in [1.54, 1.807) is 6.20 Å². The van der Waals surface area contributed by atoms with Crippen LogP contribution in [0.4, 0.5) is 14.6 Å². The third kappa shape index (κ3) is 4.93. The molecule has 0 radical (unpaired) electrons. The summed E-state index contributed by atoms with van der Waals surface area (Å²) in [5.74, 6) is 0.738. The number of rotatable bonds is 5. The zero-order valence-electron chi connectivity index (χ0n) is 15.5. The smallest absolute Gasteiger partial charge is 0.194 e. The minimum absolute atomic E-state index is 0.0945. The average molecular weight is 373 g/mol. The zero-order chi connectivity index (χ0) is 19.1. The average Bonchev–Trinajstić information content (AvgIpc) is 2.70. The van der Waals surface area contributed by atoms with Gasteiger partial charge < -0.3 is 15.1 Å². The Kier molecular flexibility index (Phi) is 6.57. The van der Waals surface area contributed by atoms with E-state index in [2.05, 4.69) is 25.1 Å². The first-order chi connectivity index (χ1) is 13.2. The second-order valence-corrected chi connectivity index (χ2v) is 6.35. The van der Waals surface area contributed by atoms with Gasteiger partial charge in [-0.2, -0.15) is 0 Å². The Labute approximate surface area is 158 Å². The lowest BCUT2D eigenvalue weighted by atomic mass is 10.1. The summed E-state index contributed by atoms with van der Waals surface area (Å²) < 4.78 is 27.5. The highest BCUT2D eigenvalue weighted by molar-refractivity contribution is 5.80. The molecule has 1 aliphatic rings.